The van der Waals surface area contributed by atoms with Gasteiger partial charge in [0.2, 0.25) is 0 Å². The van der Waals surface area contributed by atoms with E-state index >= 15 is 0 Å². The lowest BCUT2D eigenvalue weighted by atomic mass is 10.2. The lowest BCUT2D eigenvalue weighted by Gasteiger charge is -2.06. The van der Waals surface area contributed by atoms with Crippen molar-refractivity contribution >= 4 is 11.8 Å². The molecule has 0 aromatic carbocycles. The normalized spacial score (nSPS) is 12.3. The SMILES string of the molecule is COC(Cc1cc([N+](=O)[O-])[nH]n1)C(=O)O. The molecule has 15 heavy (non-hydrogen) atoms. The number of H-pyrrole nitrogens is 1. The largest absolute Gasteiger partial charge is 0.479 e. The van der Waals surface area contributed by atoms with Crippen LogP contribution in [0.2, 0.25) is 0 Å². The van der Waals surface area contributed by atoms with Gasteiger partial charge in [-0.3, -0.25) is 0 Å². The predicted octanol–water partition coefficient (Wildman–Crippen LogP) is -0.0400. The molecule has 0 saturated carbocycles. The minimum absolute atomic E-state index is 0.0177. The maximum atomic E-state index is 10.6. The Balaban J connectivity index is 2.71. The molecule has 82 valence electrons. The molecule has 1 aromatic heterocycles. The summed E-state index contributed by atoms with van der Waals surface area (Å²) in [5.41, 5.74) is 0.274. The summed E-state index contributed by atoms with van der Waals surface area (Å²) in [7, 11) is 1.25. The fraction of sp³-hybridized carbons (Fsp3) is 0.429. The van der Waals surface area contributed by atoms with Crippen LogP contribution in [0.4, 0.5) is 5.82 Å². The van der Waals surface area contributed by atoms with E-state index in [9.17, 15) is 14.9 Å². The summed E-state index contributed by atoms with van der Waals surface area (Å²) in [5.74, 6) is -1.41. The number of nitro groups is 1. The highest BCUT2D eigenvalue weighted by Gasteiger charge is 2.20. The summed E-state index contributed by atoms with van der Waals surface area (Å²) in [6.45, 7) is 0. The summed E-state index contributed by atoms with van der Waals surface area (Å²) < 4.78 is 4.66. The molecule has 0 bridgehead atoms. The maximum absolute atomic E-state index is 10.6. The average molecular weight is 215 g/mol. The van der Waals surface area contributed by atoms with Crippen molar-refractivity contribution in [2.75, 3.05) is 7.11 Å². The first-order valence-corrected chi connectivity index (χ1v) is 3.99. The standard InChI is InChI=1S/C7H9N3O5/c1-15-5(7(11)12)2-4-3-6(9-8-4)10(13)14/h3,5H,2H2,1H3,(H,8,9)(H,11,12). The Morgan fingerprint density at radius 2 is 2.53 bits per heavy atom. The highest BCUT2D eigenvalue weighted by atomic mass is 16.6. The van der Waals surface area contributed by atoms with Gasteiger partial charge in [0.05, 0.1) is 11.8 Å². The van der Waals surface area contributed by atoms with Crippen LogP contribution in [-0.2, 0) is 16.0 Å². The number of aromatic nitrogens is 2. The lowest BCUT2D eigenvalue weighted by Crippen LogP contribution is -2.24. The summed E-state index contributed by atoms with van der Waals surface area (Å²) in [6.07, 6.45) is -1.07. The third-order valence-electron chi connectivity index (χ3n) is 1.77. The van der Waals surface area contributed by atoms with Crippen molar-refractivity contribution in [1.29, 1.82) is 0 Å². The quantitative estimate of drug-likeness (QED) is 0.525. The van der Waals surface area contributed by atoms with Crippen molar-refractivity contribution < 1.29 is 19.6 Å². The number of rotatable bonds is 5. The van der Waals surface area contributed by atoms with E-state index in [2.05, 4.69) is 14.9 Å². The Morgan fingerprint density at radius 1 is 1.87 bits per heavy atom. The number of carbonyl (C=O) groups is 1. The molecule has 0 fully saturated rings. The summed E-state index contributed by atoms with van der Waals surface area (Å²) in [5, 5.41) is 24.7. The molecular formula is C7H9N3O5. The van der Waals surface area contributed by atoms with Crippen molar-refractivity contribution in [2.45, 2.75) is 12.5 Å². The van der Waals surface area contributed by atoms with Crippen LogP contribution < -0.4 is 0 Å². The number of methoxy groups -OCH3 is 1. The minimum atomic E-state index is -1.14. The highest BCUT2D eigenvalue weighted by molar-refractivity contribution is 5.72. The minimum Gasteiger partial charge on any atom is -0.479 e. The molecule has 0 aliphatic heterocycles. The second-order valence-electron chi connectivity index (χ2n) is 2.77. The van der Waals surface area contributed by atoms with Gasteiger partial charge in [0, 0.05) is 13.5 Å². The average Bonchev–Trinajstić information content (AvgIpc) is 2.61. The predicted molar refractivity (Wildman–Crippen MR) is 47.4 cm³/mol. The van der Waals surface area contributed by atoms with Crippen LogP contribution in [0.15, 0.2) is 6.07 Å². The first-order valence-electron chi connectivity index (χ1n) is 3.99. The molecule has 1 rings (SSSR count). The third-order valence-corrected chi connectivity index (χ3v) is 1.77. The molecule has 1 atom stereocenters. The van der Waals surface area contributed by atoms with Crippen molar-refractivity contribution in [3.8, 4) is 0 Å². The molecule has 1 unspecified atom stereocenters. The zero-order chi connectivity index (χ0) is 11.4. The van der Waals surface area contributed by atoms with Crippen LogP contribution in [-0.4, -0.2) is 39.4 Å². The number of carboxylic acid groups (broad SMARTS) is 1. The fourth-order valence-corrected chi connectivity index (χ4v) is 1.01. The van der Waals surface area contributed by atoms with Crippen molar-refractivity contribution in [1.82, 2.24) is 10.2 Å². The molecule has 8 heteroatoms. The van der Waals surface area contributed by atoms with E-state index in [4.69, 9.17) is 5.11 Å². The molecule has 0 saturated heterocycles. The Bertz CT molecular complexity index is 374. The topological polar surface area (TPSA) is 118 Å². The summed E-state index contributed by atoms with van der Waals surface area (Å²) in [4.78, 5) is 20.2. The fourth-order valence-electron chi connectivity index (χ4n) is 1.01. The van der Waals surface area contributed by atoms with Gasteiger partial charge >= 0.3 is 11.8 Å². The van der Waals surface area contributed by atoms with Crippen molar-refractivity contribution in [3.05, 3.63) is 21.9 Å². The lowest BCUT2D eigenvalue weighted by molar-refractivity contribution is -0.389. The molecule has 0 spiro atoms. The first kappa shape index (κ1) is 11.1. The van der Waals surface area contributed by atoms with E-state index in [0.717, 1.165) is 0 Å². The van der Waals surface area contributed by atoms with E-state index in [1.165, 1.54) is 13.2 Å². The van der Waals surface area contributed by atoms with E-state index in [0.29, 0.717) is 0 Å². The van der Waals surface area contributed by atoms with E-state index in [1.54, 1.807) is 0 Å². The van der Waals surface area contributed by atoms with Crippen LogP contribution in [0, 0.1) is 10.1 Å². The summed E-state index contributed by atoms with van der Waals surface area (Å²) in [6, 6.07) is 1.18. The number of hydrogen-bond acceptors (Lipinski definition) is 5. The molecule has 1 aromatic rings. The molecule has 0 aliphatic carbocycles. The Morgan fingerprint density at radius 3 is 2.93 bits per heavy atom. The Hall–Kier alpha value is -1.96. The molecule has 0 radical (unpaired) electrons. The third kappa shape index (κ3) is 2.74. The van der Waals surface area contributed by atoms with Gasteiger partial charge in [-0.2, -0.15) is 0 Å². The van der Waals surface area contributed by atoms with Crippen LogP contribution in [0.25, 0.3) is 0 Å². The Kier molecular flexibility index (Phi) is 3.34. The number of aliphatic carboxylic acids is 1. The number of ether oxygens (including phenoxy) is 1. The van der Waals surface area contributed by atoms with Crippen LogP contribution in [0.1, 0.15) is 5.69 Å². The van der Waals surface area contributed by atoms with Gasteiger partial charge in [-0.25, -0.2) is 4.79 Å². The maximum Gasteiger partial charge on any atom is 0.342 e. The number of carboxylic acids is 1. The molecular weight excluding hydrogens is 206 g/mol. The highest BCUT2D eigenvalue weighted by Crippen LogP contribution is 2.10. The number of hydrogen-bond donors (Lipinski definition) is 2. The van der Waals surface area contributed by atoms with Gasteiger partial charge < -0.3 is 20.0 Å². The molecule has 1 heterocycles. The molecule has 0 amide bonds. The van der Waals surface area contributed by atoms with E-state index in [-0.39, 0.29) is 17.9 Å². The van der Waals surface area contributed by atoms with Crippen LogP contribution in [0.3, 0.4) is 0 Å². The summed E-state index contributed by atoms with van der Waals surface area (Å²) >= 11 is 0. The second-order valence-corrected chi connectivity index (χ2v) is 2.77. The molecule has 2 N–H and O–H groups in total. The van der Waals surface area contributed by atoms with Gasteiger partial charge in [0.1, 0.15) is 0 Å². The van der Waals surface area contributed by atoms with Crippen molar-refractivity contribution in [2.24, 2.45) is 0 Å². The van der Waals surface area contributed by atoms with Gasteiger partial charge in [0.25, 0.3) is 0 Å². The van der Waals surface area contributed by atoms with Gasteiger partial charge in [0.15, 0.2) is 6.10 Å². The van der Waals surface area contributed by atoms with Crippen LogP contribution >= 0.6 is 0 Å². The number of aromatic amines is 1. The zero-order valence-corrected chi connectivity index (χ0v) is 7.84. The second kappa shape index (κ2) is 4.51. The van der Waals surface area contributed by atoms with Gasteiger partial charge in [-0.15, -0.1) is 5.10 Å². The molecule has 8 nitrogen and oxygen atoms in total. The van der Waals surface area contributed by atoms with Gasteiger partial charge in [-0.05, 0) is 4.92 Å². The van der Waals surface area contributed by atoms with Crippen molar-refractivity contribution in [3.63, 3.8) is 0 Å². The number of nitrogens with zero attached hydrogens (tertiary/aromatic N) is 2. The first-order chi connectivity index (χ1) is 7.04. The van der Waals surface area contributed by atoms with Gasteiger partial charge in [-0.1, -0.05) is 5.10 Å². The Labute approximate surface area is 84.0 Å². The zero-order valence-electron chi connectivity index (χ0n) is 7.84. The number of nitrogens with one attached hydrogen (secondary N) is 1. The van der Waals surface area contributed by atoms with E-state index in [1.807, 2.05) is 0 Å². The van der Waals surface area contributed by atoms with E-state index < -0.39 is 17.0 Å². The monoisotopic (exact) mass is 215 g/mol. The molecule has 0 aliphatic rings. The smallest absolute Gasteiger partial charge is 0.342 e. The van der Waals surface area contributed by atoms with Crippen LogP contribution in [0.5, 0.6) is 0 Å².